The van der Waals surface area contributed by atoms with Gasteiger partial charge in [-0.15, -0.1) is 0 Å². The molecule has 3 aromatic carbocycles. The number of nitrogens with one attached hydrogen (secondary N) is 1. The Hall–Kier alpha value is -4.90. The van der Waals surface area contributed by atoms with Gasteiger partial charge in [0.2, 0.25) is 5.89 Å². The van der Waals surface area contributed by atoms with Crippen molar-refractivity contribution in [2.24, 2.45) is 0 Å². The molecule has 0 aliphatic carbocycles. The van der Waals surface area contributed by atoms with Crippen molar-refractivity contribution in [3.63, 3.8) is 0 Å². The molecule has 1 N–H and O–H groups in total. The quantitative estimate of drug-likeness (QED) is 0.236. The fourth-order valence-corrected chi connectivity index (χ4v) is 4.94. The van der Waals surface area contributed by atoms with E-state index < -0.39 is 16.0 Å². The molecule has 0 radical (unpaired) electrons. The molecule has 0 aliphatic heterocycles. The molecule has 0 fully saturated rings. The van der Waals surface area contributed by atoms with Crippen LogP contribution < -0.4 is 9.46 Å². The summed E-state index contributed by atoms with van der Waals surface area (Å²) < 4.78 is 46.5. The number of sulfonamides is 1. The van der Waals surface area contributed by atoms with E-state index in [1.807, 2.05) is 67.6 Å². The van der Waals surface area contributed by atoms with E-state index in [2.05, 4.69) is 14.8 Å². The van der Waals surface area contributed by atoms with Gasteiger partial charge in [0.15, 0.2) is 5.82 Å². The van der Waals surface area contributed by atoms with Crippen LogP contribution in [0.3, 0.4) is 0 Å². The standard InChI is InChI=1S/C29H26N4O6S/c1-20-26(30-28(39-20)22-11-7-4-8-12-22)19-38-23-13-15-24(16-14-23)40(35,36)32-27-25(29(34)37-2)18-33(31-27)17-21-9-5-3-6-10-21/h3-16,18H,17,19H2,1-2H3,(H,31,32). The minimum atomic E-state index is -4.07. The van der Waals surface area contributed by atoms with E-state index >= 15 is 0 Å². The molecule has 10 nitrogen and oxygen atoms in total. The molecule has 5 rings (SSSR count). The number of anilines is 1. The van der Waals surface area contributed by atoms with Crippen LogP contribution in [0.2, 0.25) is 0 Å². The lowest BCUT2D eigenvalue weighted by molar-refractivity contribution is 0.0601. The second-order valence-corrected chi connectivity index (χ2v) is 10.5. The van der Waals surface area contributed by atoms with Crippen molar-refractivity contribution in [3.05, 3.63) is 114 Å². The number of aromatic nitrogens is 3. The van der Waals surface area contributed by atoms with Gasteiger partial charge in [-0.3, -0.25) is 9.40 Å². The summed E-state index contributed by atoms with van der Waals surface area (Å²) in [6.45, 7) is 2.30. The second-order valence-electron chi connectivity index (χ2n) is 8.82. The minimum absolute atomic E-state index is 0.000173. The molecule has 0 amide bonds. The fraction of sp³-hybridized carbons (Fsp3) is 0.138. The molecule has 11 heteroatoms. The number of rotatable bonds is 10. The van der Waals surface area contributed by atoms with Crippen LogP contribution in [0.25, 0.3) is 11.5 Å². The van der Waals surface area contributed by atoms with Gasteiger partial charge in [-0.1, -0.05) is 48.5 Å². The van der Waals surface area contributed by atoms with Gasteiger partial charge < -0.3 is 13.9 Å². The number of carbonyl (C=O) groups is 1. The highest BCUT2D eigenvalue weighted by Crippen LogP contribution is 2.25. The summed E-state index contributed by atoms with van der Waals surface area (Å²) in [6, 6.07) is 24.9. The zero-order valence-electron chi connectivity index (χ0n) is 21.8. The SMILES string of the molecule is COC(=O)c1cn(Cc2ccccc2)nc1NS(=O)(=O)c1ccc(OCc2nc(-c3ccccc3)oc2C)cc1. The van der Waals surface area contributed by atoms with Crippen LogP contribution in [0.1, 0.15) is 27.4 Å². The molecular weight excluding hydrogens is 532 g/mol. The van der Waals surface area contributed by atoms with Crippen molar-refractivity contribution in [2.75, 3.05) is 11.8 Å². The number of hydrogen-bond acceptors (Lipinski definition) is 8. The Labute approximate surface area is 231 Å². The molecule has 0 bridgehead atoms. The third-order valence-electron chi connectivity index (χ3n) is 6.01. The zero-order chi connectivity index (χ0) is 28.1. The Morgan fingerprint density at radius 3 is 2.33 bits per heavy atom. The lowest BCUT2D eigenvalue weighted by Gasteiger charge is -2.09. The maximum atomic E-state index is 13.1. The summed E-state index contributed by atoms with van der Waals surface area (Å²) >= 11 is 0. The smallest absolute Gasteiger partial charge is 0.343 e. The van der Waals surface area contributed by atoms with Crippen LogP contribution in [-0.4, -0.2) is 36.3 Å². The summed E-state index contributed by atoms with van der Waals surface area (Å²) in [5.41, 5.74) is 2.43. The van der Waals surface area contributed by atoms with E-state index in [9.17, 15) is 13.2 Å². The molecule has 2 heterocycles. The minimum Gasteiger partial charge on any atom is -0.487 e. The van der Waals surface area contributed by atoms with Crippen molar-refractivity contribution >= 4 is 21.8 Å². The van der Waals surface area contributed by atoms with Crippen LogP contribution in [0.5, 0.6) is 5.75 Å². The average Bonchev–Trinajstić information content (AvgIpc) is 3.54. The van der Waals surface area contributed by atoms with Gasteiger partial charge in [0.05, 0.1) is 18.6 Å². The van der Waals surface area contributed by atoms with Gasteiger partial charge in [0.1, 0.15) is 29.4 Å². The first-order chi connectivity index (χ1) is 19.3. The topological polar surface area (TPSA) is 126 Å². The van der Waals surface area contributed by atoms with Crippen molar-refractivity contribution < 1.29 is 27.1 Å². The molecule has 2 aromatic heterocycles. The normalized spacial score (nSPS) is 11.2. The van der Waals surface area contributed by atoms with Crippen molar-refractivity contribution in [3.8, 4) is 17.2 Å². The Kier molecular flexibility index (Phi) is 7.65. The van der Waals surface area contributed by atoms with Gasteiger partial charge in [0, 0.05) is 11.8 Å². The summed E-state index contributed by atoms with van der Waals surface area (Å²) in [6.07, 6.45) is 1.45. The van der Waals surface area contributed by atoms with E-state index in [4.69, 9.17) is 13.9 Å². The molecule has 0 saturated carbocycles. The molecule has 5 aromatic rings. The molecule has 0 atom stereocenters. The van der Waals surface area contributed by atoms with Crippen LogP contribution in [0.4, 0.5) is 5.82 Å². The van der Waals surface area contributed by atoms with Gasteiger partial charge in [-0.2, -0.15) is 5.10 Å². The van der Waals surface area contributed by atoms with Crippen molar-refractivity contribution in [1.29, 1.82) is 0 Å². The number of aryl methyl sites for hydroxylation is 1. The van der Waals surface area contributed by atoms with E-state index in [0.717, 1.165) is 11.1 Å². The molecule has 40 heavy (non-hydrogen) atoms. The van der Waals surface area contributed by atoms with Crippen LogP contribution in [-0.2, 0) is 27.9 Å². The molecule has 204 valence electrons. The van der Waals surface area contributed by atoms with Gasteiger partial charge >= 0.3 is 5.97 Å². The summed E-state index contributed by atoms with van der Waals surface area (Å²) in [7, 11) is -2.85. The number of nitrogens with zero attached hydrogens (tertiary/aromatic N) is 3. The maximum absolute atomic E-state index is 13.1. The monoisotopic (exact) mass is 558 g/mol. The predicted octanol–water partition coefficient (Wildman–Crippen LogP) is 5.06. The van der Waals surface area contributed by atoms with Gasteiger partial charge in [-0.25, -0.2) is 18.2 Å². The molecule has 0 saturated heterocycles. The predicted molar refractivity (Wildman–Crippen MR) is 147 cm³/mol. The highest BCUT2D eigenvalue weighted by atomic mass is 32.2. The van der Waals surface area contributed by atoms with E-state index in [1.54, 1.807) is 0 Å². The number of benzene rings is 3. The van der Waals surface area contributed by atoms with Crippen molar-refractivity contribution in [2.45, 2.75) is 25.0 Å². The Bertz CT molecular complexity index is 1710. The third kappa shape index (κ3) is 6.05. The van der Waals surface area contributed by atoms with Crippen LogP contribution in [0.15, 0.2) is 100 Å². The highest BCUT2D eigenvalue weighted by molar-refractivity contribution is 7.92. The fourth-order valence-electron chi connectivity index (χ4n) is 3.93. The largest absolute Gasteiger partial charge is 0.487 e. The zero-order valence-corrected chi connectivity index (χ0v) is 22.6. The van der Waals surface area contributed by atoms with Gasteiger partial charge in [0.25, 0.3) is 10.0 Å². The Morgan fingerprint density at radius 1 is 0.975 bits per heavy atom. The Morgan fingerprint density at radius 2 is 1.65 bits per heavy atom. The summed E-state index contributed by atoms with van der Waals surface area (Å²) in [5.74, 6) is 0.750. The third-order valence-corrected chi connectivity index (χ3v) is 7.36. The van der Waals surface area contributed by atoms with E-state index in [1.165, 1.54) is 42.3 Å². The van der Waals surface area contributed by atoms with Gasteiger partial charge in [-0.05, 0) is 48.9 Å². The highest BCUT2D eigenvalue weighted by Gasteiger charge is 2.23. The first-order valence-corrected chi connectivity index (χ1v) is 13.8. The first-order valence-electron chi connectivity index (χ1n) is 12.3. The number of ether oxygens (including phenoxy) is 2. The Balaban J connectivity index is 1.28. The van der Waals surface area contributed by atoms with Crippen LogP contribution >= 0.6 is 0 Å². The second kappa shape index (κ2) is 11.5. The summed E-state index contributed by atoms with van der Waals surface area (Å²) in [4.78, 5) is 16.8. The summed E-state index contributed by atoms with van der Waals surface area (Å²) in [5, 5.41) is 4.28. The first kappa shape index (κ1) is 26.7. The number of oxazole rings is 1. The van der Waals surface area contributed by atoms with E-state index in [-0.39, 0.29) is 22.9 Å². The number of carbonyl (C=O) groups excluding carboxylic acids is 1. The lowest BCUT2D eigenvalue weighted by Crippen LogP contribution is -2.16. The maximum Gasteiger partial charge on any atom is 0.343 e. The van der Waals surface area contributed by atoms with E-state index in [0.29, 0.717) is 29.6 Å². The number of hydrogen-bond donors (Lipinski definition) is 1. The number of methoxy groups -OCH3 is 1. The van der Waals surface area contributed by atoms with Crippen LogP contribution in [0, 0.1) is 6.92 Å². The molecular formula is C29H26N4O6S. The van der Waals surface area contributed by atoms with Crippen molar-refractivity contribution in [1.82, 2.24) is 14.8 Å². The lowest BCUT2D eigenvalue weighted by atomic mass is 10.2. The number of esters is 1. The molecule has 0 spiro atoms. The molecule has 0 aliphatic rings. The molecule has 0 unspecified atom stereocenters. The average molecular weight is 559 g/mol.